The number of carbonyl (C=O) groups excluding carboxylic acids is 1. The number of nitrogens with one attached hydrogen (secondary N) is 1. The molecule has 1 unspecified atom stereocenters. The van der Waals surface area contributed by atoms with Gasteiger partial charge in [-0.15, -0.1) is 0 Å². The van der Waals surface area contributed by atoms with Crippen molar-refractivity contribution in [3.8, 4) is 5.88 Å². The normalized spacial score (nSPS) is 19.4. The van der Waals surface area contributed by atoms with Gasteiger partial charge in [-0.2, -0.15) is 0 Å². The molecule has 0 aliphatic carbocycles. The van der Waals surface area contributed by atoms with Crippen molar-refractivity contribution in [2.24, 2.45) is 0 Å². The first-order valence-electron chi connectivity index (χ1n) is 7.26. The van der Waals surface area contributed by atoms with E-state index in [2.05, 4.69) is 26.9 Å². The van der Waals surface area contributed by atoms with Gasteiger partial charge in [0.25, 0.3) is 11.8 Å². The standard InChI is InChI=1S/C14H19N5O3/c1-3-18-6-7-19(9-10(18)13-15-4-5-16-13)14(20)11-8-12(21-2)17-22-11/h4-5,8,10H,3,6-7,9H2,1-2H3,(H,15,16). The lowest BCUT2D eigenvalue weighted by Gasteiger charge is -2.39. The molecule has 22 heavy (non-hydrogen) atoms. The predicted molar refractivity (Wildman–Crippen MR) is 77.5 cm³/mol. The monoisotopic (exact) mass is 305 g/mol. The topological polar surface area (TPSA) is 87.5 Å². The average Bonchev–Trinajstić information content (AvgIpc) is 3.24. The zero-order valence-corrected chi connectivity index (χ0v) is 12.7. The number of aromatic amines is 1. The largest absolute Gasteiger partial charge is 0.479 e. The molecular formula is C14H19N5O3. The Kier molecular flexibility index (Phi) is 4.10. The smallest absolute Gasteiger partial charge is 0.292 e. The fourth-order valence-corrected chi connectivity index (χ4v) is 2.71. The van der Waals surface area contributed by atoms with Gasteiger partial charge < -0.3 is 19.1 Å². The van der Waals surface area contributed by atoms with Crippen LogP contribution in [0.15, 0.2) is 23.0 Å². The Hall–Kier alpha value is -2.35. The third kappa shape index (κ3) is 2.69. The van der Waals surface area contributed by atoms with Crippen LogP contribution >= 0.6 is 0 Å². The highest BCUT2D eigenvalue weighted by Gasteiger charge is 2.32. The summed E-state index contributed by atoms with van der Waals surface area (Å²) in [4.78, 5) is 24.1. The fraction of sp³-hybridized carbons (Fsp3) is 0.500. The number of H-pyrrole nitrogens is 1. The highest BCUT2D eigenvalue weighted by molar-refractivity contribution is 5.91. The number of carbonyl (C=O) groups is 1. The first-order chi connectivity index (χ1) is 10.7. The number of amides is 1. The number of hydrogen-bond acceptors (Lipinski definition) is 6. The van der Waals surface area contributed by atoms with E-state index >= 15 is 0 Å². The summed E-state index contributed by atoms with van der Waals surface area (Å²) in [6, 6.07) is 1.57. The molecule has 2 aromatic heterocycles. The number of hydrogen-bond donors (Lipinski definition) is 1. The molecular weight excluding hydrogens is 286 g/mol. The van der Waals surface area contributed by atoms with Gasteiger partial charge in [-0.05, 0) is 11.7 Å². The number of imidazole rings is 1. The van der Waals surface area contributed by atoms with Gasteiger partial charge in [0.2, 0.25) is 5.76 Å². The third-order valence-corrected chi connectivity index (χ3v) is 3.93. The van der Waals surface area contributed by atoms with Crippen molar-refractivity contribution in [2.45, 2.75) is 13.0 Å². The van der Waals surface area contributed by atoms with Crippen LogP contribution in [0.2, 0.25) is 0 Å². The summed E-state index contributed by atoms with van der Waals surface area (Å²) in [5, 5.41) is 3.68. The second kappa shape index (κ2) is 6.18. The minimum absolute atomic E-state index is 0.0579. The maximum Gasteiger partial charge on any atom is 0.292 e. The molecule has 0 saturated carbocycles. The van der Waals surface area contributed by atoms with Crippen LogP contribution in [0.4, 0.5) is 0 Å². The molecule has 1 fully saturated rings. The van der Waals surface area contributed by atoms with E-state index in [1.165, 1.54) is 13.2 Å². The minimum atomic E-state index is -0.178. The molecule has 2 aromatic rings. The van der Waals surface area contributed by atoms with Gasteiger partial charge in [0.15, 0.2) is 0 Å². The third-order valence-electron chi connectivity index (χ3n) is 3.93. The Morgan fingerprint density at radius 1 is 1.55 bits per heavy atom. The molecule has 1 aliphatic heterocycles. The average molecular weight is 305 g/mol. The van der Waals surface area contributed by atoms with Crippen molar-refractivity contribution in [2.75, 3.05) is 33.3 Å². The highest BCUT2D eigenvalue weighted by Crippen LogP contribution is 2.24. The summed E-state index contributed by atoms with van der Waals surface area (Å²) in [7, 11) is 1.49. The van der Waals surface area contributed by atoms with Gasteiger partial charge in [0.1, 0.15) is 5.82 Å². The molecule has 8 nitrogen and oxygen atoms in total. The number of aromatic nitrogens is 3. The predicted octanol–water partition coefficient (Wildman–Crippen LogP) is 0.925. The van der Waals surface area contributed by atoms with Gasteiger partial charge in [0, 0.05) is 32.0 Å². The molecule has 0 aromatic carbocycles. The SMILES string of the molecule is CCN1CCN(C(=O)c2cc(OC)no2)CC1c1ncc[nH]1. The van der Waals surface area contributed by atoms with Crippen molar-refractivity contribution in [1.82, 2.24) is 24.9 Å². The van der Waals surface area contributed by atoms with Gasteiger partial charge >= 0.3 is 0 Å². The van der Waals surface area contributed by atoms with E-state index in [0.29, 0.717) is 19.0 Å². The molecule has 0 radical (unpaired) electrons. The lowest BCUT2D eigenvalue weighted by molar-refractivity contribution is 0.0445. The van der Waals surface area contributed by atoms with Gasteiger partial charge in [0.05, 0.1) is 19.2 Å². The summed E-state index contributed by atoms with van der Waals surface area (Å²) in [6.07, 6.45) is 3.52. The maximum atomic E-state index is 12.5. The van der Waals surface area contributed by atoms with E-state index in [4.69, 9.17) is 9.26 Å². The molecule has 3 heterocycles. The Morgan fingerprint density at radius 2 is 2.41 bits per heavy atom. The van der Waals surface area contributed by atoms with Crippen LogP contribution < -0.4 is 4.74 Å². The van der Waals surface area contributed by atoms with Crippen LogP contribution in [-0.4, -0.2) is 64.1 Å². The zero-order valence-electron chi connectivity index (χ0n) is 12.7. The van der Waals surface area contributed by atoms with Gasteiger partial charge in [-0.1, -0.05) is 6.92 Å². The summed E-state index contributed by atoms with van der Waals surface area (Å²) in [6.45, 7) is 5.01. The number of rotatable bonds is 4. The molecule has 118 valence electrons. The van der Waals surface area contributed by atoms with Crippen molar-refractivity contribution < 1.29 is 14.1 Å². The first kappa shape index (κ1) is 14.6. The lowest BCUT2D eigenvalue weighted by Crippen LogP contribution is -2.50. The molecule has 3 rings (SSSR count). The Labute approximate surface area is 128 Å². The summed E-state index contributed by atoms with van der Waals surface area (Å²) >= 11 is 0. The minimum Gasteiger partial charge on any atom is -0.479 e. The van der Waals surface area contributed by atoms with Crippen molar-refractivity contribution in [1.29, 1.82) is 0 Å². The van der Waals surface area contributed by atoms with Crippen molar-refractivity contribution >= 4 is 5.91 Å². The van der Waals surface area contributed by atoms with Crippen LogP contribution in [0, 0.1) is 0 Å². The number of nitrogens with zero attached hydrogens (tertiary/aromatic N) is 4. The molecule has 1 amide bonds. The molecule has 1 aliphatic rings. The number of likely N-dealkylation sites (N-methyl/N-ethyl adjacent to an activating group) is 1. The first-order valence-corrected chi connectivity index (χ1v) is 7.26. The molecule has 1 atom stereocenters. The molecule has 8 heteroatoms. The van der Waals surface area contributed by atoms with Gasteiger partial charge in [-0.25, -0.2) is 4.98 Å². The molecule has 0 bridgehead atoms. The second-order valence-corrected chi connectivity index (χ2v) is 5.10. The lowest BCUT2D eigenvalue weighted by atomic mass is 10.1. The van der Waals surface area contributed by atoms with Crippen LogP contribution in [-0.2, 0) is 0 Å². The van der Waals surface area contributed by atoms with Crippen molar-refractivity contribution in [3.63, 3.8) is 0 Å². The van der Waals surface area contributed by atoms with Crippen molar-refractivity contribution in [3.05, 3.63) is 30.0 Å². The van der Waals surface area contributed by atoms with Crippen LogP contribution in [0.3, 0.4) is 0 Å². The van der Waals surface area contributed by atoms with E-state index in [0.717, 1.165) is 18.9 Å². The Morgan fingerprint density at radius 3 is 3.05 bits per heavy atom. The Bertz CT molecular complexity index is 624. The molecule has 0 spiro atoms. The highest BCUT2D eigenvalue weighted by atomic mass is 16.5. The van der Waals surface area contributed by atoms with Gasteiger partial charge in [-0.3, -0.25) is 9.69 Å². The van der Waals surface area contributed by atoms with E-state index < -0.39 is 0 Å². The second-order valence-electron chi connectivity index (χ2n) is 5.10. The van der Waals surface area contributed by atoms with E-state index in [9.17, 15) is 4.79 Å². The Balaban J connectivity index is 1.76. The number of methoxy groups -OCH3 is 1. The number of ether oxygens (including phenoxy) is 1. The molecule has 1 N–H and O–H groups in total. The van der Waals surface area contributed by atoms with E-state index in [-0.39, 0.29) is 17.7 Å². The maximum absolute atomic E-state index is 12.5. The van der Waals surface area contributed by atoms with Crippen LogP contribution in [0.25, 0.3) is 0 Å². The quantitative estimate of drug-likeness (QED) is 0.904. The van der Waals surface area contributed by atoms with Crippen LogP contribution in [0.5, 0.6) is 5.88 Å². The summed E-state index contributed by atoms with van der Waals surface area (Å²) < 4.78 is 9.99. The van der Waals surface area contributed by atoms with E-state index in [1.54, 1.807) is 17.3 Å². The van der Waals surface area contributed by atoms with Crippen LogP contribution in [0.1, 0.15) is 29.3 Å². The fourth-order valence-electron chi connectivity index (χ4n) is 2.71. The van der Waals surface area contributed by atoms with E-state index in [1.807, 2.05) is 0 Å². The zero-order chi connectivity index (χ0) is 15.5. The molecule has 1 saturated heterocycles. The summed E-state index contributed by atoms with van der Waals surface area (Å²) in [5.74, 6) is 1.19. The number of piperazine rings is 1. The summed E-state index contributed by atoms with van der Waals surface area (Å²) in [5.41, 5.74) is 0.